The molecule has 6 heteroatoms. The number of benzene rings is 2. The van der Waals surface area contributed by atoms with Crippen molar-refractivity contribution in [3.63, 3.8) is 0 Å². The molecule has 0 aromatic heterocycles. The minimum Gasteiger partial charge on any atom is -0.376 e. The molecule has 0 bridgehead atoms. The number of aldehydes is 1. The van der Waals surface area contributed by atoms with E-state index in [1.54, 1.807) is 18.2 Å². The van der Waals surface area contributed by atoms with Crippen molar-refractivity contribution in [3.05, 3.63) is 93.3 Å². The van der Waals surface area contributed by atoms with Crippen molar-refractivity contribution in [2.24, 2.45) is 5.92 Å². The minimum absolute atomic E-state index is 0.0346. The Kier molecular flexibility index (Phi) is 6.08. The zero-order chi connectivity index (χ0) is 19.2. The minimum atomic E-state index is -0.998. The van der Waals surface area contributed by atoms with Gasteiger partial charge in [-0.05, 0) is 28.8 Å². The summed E-state index contributed by atoms with van der Waals surface area (Å²) in [5.41, 5.74) is 1.92. The molecule has 1 aliphatic carbocycles. The van der Waals surface area contributed by atoms with Crippen LogP contribution < -0.4 is 0 Å². The van der Waals surface area contributed by atoms with Gasteiger partial charge in [0.25, 0.3) is 0 Å². The number of nitrogens with zero attached hydrogens (tertiary/aromatic N) is 1. The van der Waals surface area contributed by atoms with Crippen LogP contribution in [0.3, 0.4) is 0 Å². The number of hydrogen-bond acceptors (Lipinski definition) is 4. The van der Waals surface area contributed by atoms with E-state index in [2.05, 4.69) is 0 Å². The normalized spacial score (nSPS) is 22.1. The van der Waals surface area contributed by atoms with Crippen LogP contribution >= 0.6 is 0 Å². The number of nitro groups is 1. The summed E-state index contributed by atoms with van der Waals surface area (Å²) in [4.78, 5) is 22.5. The maximum absolute atomic E-state index is 13.7. The molecule has 3 rings (SSSR count). The number of rotatable bonds is 7. The van der Waals surface area contributed by atoms with Crippen molar-refractivity contribution in [1.82, 2.24) is 0 Å². The molecule has 0 amide bonds. The lowest BCUT2D eigenvalue weighted by molar-refractivity contribution is -0.528. The Morgan fingerprint density at radius 2 is 1.96 bits per heavy atom. The molecule has 2 aromatic carbocycles. The molecule has 27 heavy (non-hydrogen) atoms. The van der Waals surface area contributed by atoms with Crippen molar-refractivity contribution < 1.29 is 18.8 Å². The number of carbonyl (C=O) groups is 1. The number of ether oxygens (including phenoxy) is 1. The average Bonchev–Trinajstić information content (AvgIpc) is 2.68. The lowest BCUT2D eigenvalue weighted by atomic mass is 9.74. The topological polar surface area (TPSA) is 69.4 Å². The first kappa shape index (κ1) is 18.9. The van der Waals surface area contributed by atoms with Gasteiger partial charge in [0.15, 0.2) is 0 Å². The van der Waals surface area contributed by atoms with E-state index >= 15 is 0 Å². The zero-order valence-electron chi connectivity index (χ0n) is 14.7. The summed E-state index contributed by atoms with van der Waals surface area (Å²) in [6.07, 6.45) is 2.42. The van der Waals surface area contributed by atoms with Gasteiger partial charge in [0.05, 0.1) is 19.1 Å². The molecule has 0 fully saturated rings. The lowest BCUT2D eigenvalue weighted by Crippen LogP contribution is -2.37. The van der Waals surface area contributed by atoms with Crippen LogP contribution in [-0.2, 0) is 16.1 Å². The van der Waals surface area contributed by atoms with Gasteiger partial charge in [-0.2, -0.15) is 0 Å². The highest BCUT2D eigenvalue weighted by Gasteiger charge is 2.42. The number of carbonyl (C=O) groups excluding carboxylic acids is 1. The van der Waals surface area contributed by atoms with Gasteiger partial charge in [0.1, 0.15) is 12.1 Å². The van der Waals surface area contributed by atoms with Gasteiger partial charge in [0.2, 0.25) is 6.04 Å². The third-order valence-corrected chi connectivity index (χ3v) is 4.83. The molecule has 0 saturated carbocycles. The first-order valence-corrected chi connectivity index (χ1v) is 8.75. The van der Waals surface area contributed by atoms with E-state index in [0.29, 0.717) is 24.0 Å². The molecule has 0 saturated heterocycles. The maximum Gasteiger partial charge on any atom is 0.224 e. The summed E-state index contributed by atoms with van der Waals surface area (Å²) in [5, 5.41) is 11.7. The van der Waals surface area contributed by atoms with Crippen molar-refractivity contribution in [1.29, 1.82) is 0 Å². The Bertz CT molecular complexity index is 837. The largest absolute Gasteiger partial charge is 0.376 e. The highest BCUT2D eigenvalue weighted by atomic mass is 19.1. The molecule has 2 aromatic rings. The summed E-state index contributed by atoms with van der Waals surface area (Å²) in [7, 11) is 0. The summed E-state index contributed by atoms with van der Waals surface area (Å²) in [5.74, 6) is -1.39. The maximum atomic E-state index is 13.7. The van der Waals surface area contributed by atoms with Gasteiger partial charge < -0.3 is 4.74 Å². The van der Waals surface area contributed by atoms with Crippen molar-refractivity contribution >= 4 is 6.29 Å². The molecular formula is C21H20FNO4. The van der Waals surface area contributed by atoms with Gasteiger partial charge >= 0.3 is 0 Å². The third kappa shape index (κ3) is 4.65. The second kappa shape index (κ2) is 8.68. The van der Waals surface area contributed by atoms with Crippen LogP contribution in [0, 0.1) is 21.8 Å². The number of halogens is 1. The first-order chi connectivity index (χ1) is 13.1. The smallest absolute Gasteiger partial charge is 0.224 e. The molecule has 5 nitrogen and oxygen atoms in total. The van der Waals surface area contributed by atoms with Crippen molar-refractivity contribution in [3.8, 4) is 0 Å². The lowest BCUT2D eigenvalue weighted by Gasteiger charge is -2.31. The Hall–Kier alpha value is -2.86. The van der Waals surface area contributed by atoms with E-state index in [4.69, 9.17) is 4.74 Å². The molecular weight excluding hydrogens is 349 g/mol. The van der Waals surface area contributed by atoms with Crippen LogP contribution in [0.1, 0.15) is 23.5 Å². The summed E-state index contributed by atoms with van der Waals surface area (Å²) in [6.45, 7) is 0.568. The van der Waals surface area contributed by atoms with E-state index in [1.807, 2.05) is 30.3 Å². The average molecular weight is 369 g/mol. The molecule has 3 atom stereocenters. The highest BCUT2D eigenvalue weighted by molar-refractivity contribution is 5.73. The van der Waals surface area contributed by atoms with Crippen LogP contribution in [0.15, 0.2) is 66.2 Å². The Morgan fingerprint density at radius 1 is 1.19 bits per heavy atom. The van der Waals surface area contributed by atoms with Crippen LogP contribution in [0.25, 0.3) is 0 Å². The summed E-state index contributed by atoms with van der Waals surface area (Å²) < 4.78 is 19.5. The van der Waals surface area contributed by atoms with E-state index in [9.17, 15) is 19.3 Å². The van der Waals surface area contributed by atoms with E-state index in [-0.39, 0.29) is 23.9 Å². The van der Waals surface area contributed by atoms with E-state index in [0.717, 1.165) is 5.56 Å². The molecule has 0 spiro atoms. The third-order valence-electron chi connectivity index (χ3n) is 4.83. The fourth-order valence-corrected chi connectivity index (χ4v) is 3.62. The molecule has 0 heterocycles. The fraction of sp³-hybridized carbons (Fsp3) is 0.286. The van der Waals surface area contributed by atoms with Crippen molar-refractivity contribution in [2.45, 2.75) is 25.0 Å². The highest BCUT2D eigenvalue weighted by Crippen LogP contribution is 2.38. The Morgan fingerprint density at radius 3 is 2.63 bits per heavy atom. The van der Waals surface area contributed by atoms with Crippen LogP contribution in [0.5, 0.6) is 0 Å². The predicted octanol–water partition coefficient (Wildman–Crippen LogP) is 3.92. The van der Waals surface area contributed by atoms with Crippen LogP contribution in [0.2, 0.25) is 0 Å². The first-order valence-electron chi connectivity index (χ1n) is 8.75. The number of hydrogen-bond donors (Lipinski definition) is 0. The van der Waals surface area contributed by atoms with Crippen molar-refractivity contribution in [2.75, 3.05) is 6.61 Å². The molecule has 1 aliphatic rings. The standard InChI is InChI=1S/C21H20FNO4/c22-19-8-4-7-17(11-19)21-18(9-16(12-24)10-20(21)23(25)26)14-27-13-15-5-2-1-3-6-15/h1-9,11-12,18,20-21H,10,13-14H2/t18-,20+,21-/m1/s1. The second-order valence-corrected chi connectivity index (χ2v) is 6.66. The molecule has 140 valence electrons. The summed E-state index contributed by atoms with van der Waals surface area (Å²) >= 11 is 0. The van der Waals surface area contributed by atoms with Crippen LogP contribution in [-0.4, -0.2) is 23.9 Å². The van der Waals surface area contributed by atoms with Gasteiger partial charge in [-0.25, -0.2) is 4.39 Å². The molecule has 0 radical (unpaired) electrons. The van der Waals surface area contributed by atoms with E-state index in [1.165, 1.54) is 12.1 Å². The Labute approximate surface area is 156 Å². The fourth-order valence-electron chi connectivity index (χ4n) is 3.62. The van der Waals surface area contributed by atoms with Gasteiger partial charge in [-0.15, -0.1) is 0 Å². The van der Waals surface area contributed by atoms with Gasteiger partial charge in [-0.3, -0.25) is 14.9 Å². The monoisotopic (exact) mass is 369 g/mol. The quantitative estimate of drug-likeness (QED) is 0.421. The predicted molar refractivity (Wildman–Crippen MR) is 98.3 cm³/mol. The summed E-state index contributed by atoms with van der Waals surface area (Å²) in [6, 6.07) is 14.4. The molecule has 0 N–H and O–H groups in total. The molecule has 0 unspecified atom stereocenters. The van der Waals surface area contributed by atoms with Crippen LogP contribution in [0.4, 0.5) is 4.39 Å². The van der Waals surface area contributed by atoms with Gasteiger partial charge in [0, 0.05) is 17.3 Å². The van der Waals surface area contributed by atoms with Gasteiger partial charge in [-0.1, -0.05) is 48.5 Å². The SMILES string of the molecule is O=CC1=C[C@H](COCc2ccccc2)[C@@H](c2cccc(F)c2)[C@@H]([N+](=O)[O-])C1. The second-order valence-electron chi connectivity index (χ2n) is 6.66. The van der Waals surface area contributed by atoms with E-state index < -0.39 is 17.8 Å². The zero-order valence-corrected chi connectivity index (χ0v) is 14.7. The Balaban J connectivity index is 1.85. The molecule has 0 aliphatic heterocycles.